The quantitative estimate of drug-likeness (QED) is 0.776. The van der Waals surface area contributed by atoms with Gasteiger partial charge in [-0.3, -0.25) is 4.79 Å². The first-order valence-electron chi connectivity index (χ1n) is 6.97. The molecular weight excluding hydrogens is 310 g/mol. The summed E-state index contributed by atoms with van der Waals surface area (Å²) in [6.07, 6.45) is 0.974. The van der Waals surface area contributed by atoms with Crippen LogP contribution in [0.3, 0.4) is 0 Å². The lowest BCUT2D eigenvalue weighted by Gasteiger charge is -2.53. The first kappa shape index (κ1) is 14.8. The van der Waals surface area contributed by atoms with Crippen molar-refractivity contribution < 1.29 is 14.7 Å². The van der Waals surface area contributed by atoms with Crippen LogP contribution in [0.2, 0.25) is 5.28 Å². The van der Waals surface area contributed by atoms with Crippen molar-refractivity contribution in [1.82, 2.24) is 14.9 Å². The molecule has 1 aromatic rings. The predicted molar refractivity (Wildman–Crippen MR) is 80.4 cm³/mol. The molecule has 1 atom stereocenters. The molecule has 0 spiro atoms. The van der Waals surface area contributed by atoms with E-state index in [0.29, 0.717) is 31.0 Å². The summed E-state index contributed by atoms with van der Waals surface area (Å²) < 4.78 is 0. The molecule has 118 valence electrons. The van der Waals surface area contributed by atoms with Gasteiger partial charge in [-0.2, -0.15) is 4.98 Å². The maximum Gasteiger partial charge on any atom is 0.407 e. The van der Waals surface area contributed by atoms with Crippen LogP contribution >= 0.6 is 11.6 Å². The lowest BCUT2D eigenvalue weighted by Crippen LogP contribution is -2.71. The SMILES string of the molecule is CCC12CN(C(=O)O)CCN1c1nc(Cl)ncc1N(C)C2=O. The minimum Gasteiger partial charge on any atom is -0.465 e. The first-order chi connectivity index (χ1) is 10.4. The summed E-state index contributed by atoms with van der Waals surface area (Å²) in [7, 11) is 1.65. The Bertz CT molecular complexity index is 655. The van der Waals surface area contributed by atoms with Gasteiger partial charge in [-0.15, -0.1) is 0 Å². The fraction of sp³-hybridized carbons (Fsp3) is 0.538. The number of likely N-dealkylation sites (N-methyl/N-ethyl adjacent to an activating group) is 1. The van der Waals surface area contributed by atoms with Crippen LogP contribution in [0.15, 0.2) is 6.20 Å². The van der Waals surface area contributed by atoms with Crippen molar-refractivity contribution in [1.29, 1.82) is 0 Å². The van der Waals surface area contributed by atoms with E-state index < -0.39 is 11.6 Å². The highest BCUT2D eigenvalue weighted by atomic mass is 35.5. The van der Waals surface area contributed by atoms with Crippen molar-refractivity contribution >= 4 is 35.1 Å². The molecule has 2 aliphatic heterocycles. The van der Waals surface area contributed by atoms with Gasteiger partial charge in [0.2, 0.25) is 5.28 Å². The highest BCUT2D eigenvalue weighted by molar-refractivity contribution is 6.28. The second kappa shape index (κ2) is 4.98. The monoisotopic (exact) mass is 325 g/mol. The van der Waals surface area contributed by atoms with E-state index in [1.54, 1.807) is 7.05 Å². The molecule has 0 saturated carbocycles. The molecule has 22 heavy (non-hydrogen) atoms. The van der Waals surface area contributed by atoms with Gasteiger partial charge in [0.1, 0.15) is 11.2 Å². The number of aromatic nitrogens is 2. The van der Waals surface area contributed by atoms with Crippen molar-refractivity contribution in [2.45, 2.75) is 18.9 Å². The number of halogens is 1. The minimum atomic E-state index is -1.02. The van der Waals surface area contributed by atoms with E-state index in [1.807, 2.05) is 11.8 Å². The molecular formula is C13H16ClN5O3. The largest absolute Gasteiger partial charge is 0.465 e. The number of rotatable bonds is 1. The van der Waals surface area contributed by atoms with Gasteiger partial charge in [-0.1, -0.05) is 6.92 Å². The molecule has 1 saturated heterocycles. The summed E-state index contributed by atoms with van der Waals surface area (Å²) in [5, 5.41) is 9.37. The molecule has 3 rings (SSSR count). The zero-order chi connectivity index (χ0) is 16.1. The summed E-state index contributed by atoms with van der Waals surface area (Å²) in [6, 6.07) is 0. The van der Waals surface area contributed by atoms with E-state index in [-0.39, 0.29) is 17.7 Å². The van der Waals surface area contributed by atoms with Gasteiger partial charge in [-0.05, 0) is 18.0 Å². The summed E-state index contributed by atoms with van der Waals surface area (Å²) in [6.45, 7) is 2.69. The number of nitrogens with zero attached hydrogens (tertiary/aromatic N) is 5. The normalized spacial score (nSPS) is 24.1. The molecule has 3 heterocycles. The third kappa shape index (κ3) is 1.90. The fourth-order valence-corrected chi connectivity index (χ4v) is 3.36. The molecule has 1 unspecified atom stereocenters. The van der Waals surface area contributed by atoms with E-state index in [0.717, 1.165) is 0 Å². The molecule has 1 fully saturated rings. The molecule has 0 aromatic carbocycles. The number of carboxylic acid groups (broad SMARTS) is 1. The van der Waals surface area contributed by atoms with E-state index in [9.17, 15) is 14.7 Å². The van der Waals surface area contributed by atoms with E-state index in [1.165, 1.54) is 16.0 Å². The smallest absolute Gasteiger partial charge is 0.407 e. The Hall–Kier alpha value is -2.09. The highest BCUT2D eigenvalue weighted by Gasteiger charge is 2.53. The van der Waals surface area contributed by atoms with E-state index in [2.05, 4.69) is 9.97 Å². The Morgan fingerprint density at radius 1 is 1.50 bits per heavy atom. The summed E-state index contributed by atoms with van der Waals surface area (Å²) in [5.41, 5.74) is -0.363. The number of fused-ring (bicyclic) bond motifs is 3. The number of carbonyl (C=O) groups excluding carboxylic acids is 1. The van der Waals surface area contributed by atoms with Gasteiger partial charge in [0, 0.05) is 20.1 Å². The highest BCUT2D eigenvalue weighted by Crippen LogP contribution is 2.41. The van der Waals surface area contributed by atoms with Gasteiger partial charge in [0.05, 0.1) is 12.7 Å². The van der Waals surface area contributed by atoms with Crippen LogP contribution in [-0.4, -0.2) is 64.2 Å². The third-order valence-electron chi connectivity index (χ3n) is 4.46. The molecule has 9 heteroatoms. The van der Waals surface area contributed by atoms with Crippen molar-refractivity contribution in [2.75, 3.05) is 36.5 Å². The Morgan fingerprint density at radius 2 is 2.23 bits per heavy atom. The van der Waals surface area contributed by atoms with Crippen LogP contribution in [0.4, 0.5) is 16.3 Å². The fourth-order valence-electron chi connectivity index (χ4n) is 3.23. The van der Waals surface area contributed by atoms with Crippen molar-refractivity contribution in [3.8, 4) is 0 Å². The van der Waals surface area contributed by atoms with Crippen molar-refractivity contribution in [3.63, 3.8) is 0 Å². The lowest BCUT2D eigenvalue weighted by molar-refractivity contribution is -0.125. The Kier molecular flexibility index (Phi) is 3.36. The lowest BCUT2D eigenvalue weighted by atomic mass is 9.86. The van der Waals surface area contributed by atoms with Gasteiger partial charge in [0.25, 0.3) is 5.91 Å². The van der Waals surface area contributed by atoms with Crippen LogP contribution in [0, 0.1) is 0 Å². The molecule has 0 radical (unpaired) electrons. The molecule has 8 nitrogen and oxygen atoms in total. The van der Waals surface area contributed by atoms with Crippen LogP contribution < -0.4 is 9.80 Å². The molecule has 1 aromatic heterocycles. The number of carbonyl (C=O) groups is 2. The number of hydrogen-bond acceptors (Lipinski definition) is 5. The maximum atomic E-state index is 12.9. The predicted octanol–water partition coefficient (Wildman–Crippen LogP) is 1.06. The number of hydrogen-bond donors (Lipinski definition) is 1. The van der Waals surface area contributed by atoms with E-state index in [4.69, 9.17) is 11.6 Å². The molecule has 2 amide bonds. The van der Waals surface area contributed by atoms with Crippen LogP contribution in [0.25, 0.3) is 0 Å². The maximum absolute atomic E-state index is 12.9. The summed E-state index contributed by atoms with van der Waals surface area (Å²) >= 11 is 5.90. The number of amides is 2. The minimum absolute atomic E-state index is 0.104. The second-order valence-electron chi connectivity index (χ2n) is 5.45. The first-order valence-corrected chi connectivity index (χ1v) is 7.34. The number of anilines is 2. The average Bonchev–Trinajstić information content (AvgIpc) is 2.51. The topological polar surface area (TPSA) is 89.9 Å². The molecule has 0 aliphatic carbocycles. The third-order valence-corrected chi connectivity index (χ3v) is 4.64. The van der Waals surface area contributed by atoms with Crippen molar-refractivity contribution in [3.05, 3.63) is 11.5 Å². The van der Waals surface area contributed by atoms with Crippen LogP contribution in [0.5, 0.6) is 0 Å². The zero-order valence-electron chi connectivity index (χ0n) is 12.3. The standard InChI is InChI=1S/C13H16ClN5O3/c1-3-13-7-18(12(21)22)4-5-19(13)9-8(17(2)10(13)20)6-15-11(14)16-9/h6H,3-5,7H2,1-2H3,(H,21,22). The Labute approximate surface area is 132 Å². The molecule has 1 N–H and O–H groups in total. The second-order valence-corrected chi connectivity index (χ2v) is 5.79. The summed E-state index contributed by atoms with van der Waals surface area (Å²) in [5.74, 6) is 0.424. The Morgan fingerprint density at radius 3 is 2.86 bits per heavy atom. The van der Waals surface area contributed by atoms with E-state index >= 15 is 0 Å². The van der Waals surface area contributed by atoms with Crippen LogP contribution in [-0.2, 0) is 4.79 Å². The Balaban J connectivity index is 2.14. The molecule has 0 bridgehead atoms. The van der Waals surface area contributed by atoms with Crippen molar-refractivity contribution in [2.24, 2.45) is 0 Å². The van der Waals surface area contributed by atoms with Gasteiger partial charge in [0.15, 0.2) is 5.82 Å². The summed E-state index contributed by atoms with van der Waals surface area (Å²) in [4.78, 5) is 37.1. The van der Waals surface area contributed by atoms with Crippen LogP contribution in [0.1, 0.15) is 13.3 Å². The zero-order valence-corrected chi connectivity index (χ0v) is 13.0. The van der Waals surface area contributed by atoms with Gasteiger partial charge >= 0.3 is 6.09 Å². The van der Waals surface area contributed by atoms with Gasteiger partial charge in [-0.25, -0.2) is 9.78 Å². The average molecular weight is 326 g/mol. The van der Waals surface area contributed by atoms with Gasteiger partial charge < -0.3 is 19.8 Å². The molecule has 2 aliphatic rings. The number of piperazine rings is 1.